The Balaban J connectivity index is 2.02. The minimum absolute atomic E-state index is 0.0992. The van der Waals surface area contributed by atoms with E-state index in [4.69, 9.17) is 0 Å². The molecule has 0 unspecified atom stereocenters. The van der Waals surface area contributed by atoms with Crippen molar-refractivity contribution in [2.75, 3.05) is 0 Å². The van der Waals surface area contributed by atoms with Gasteiger partial charge in [-0.1, -0.05) is 46.3 Å². The Kier molecular flexibility index (Phi) is 5.70. The van der Waals surface area contributed by atoms with E-state index in [0.717, 1.165) is 10.0 Å². The van der Waals surface area contributed by atoms with Gasteiger partial charge in [0, 0.05) is 22.6 Å². The van der Waals surface area contributed by atoms with Gasteiger partial charge in [-0.05, 0) is 30.7 Å². The highest BCUT2D eigenvalue weighted by molar-refractivity contribution is 9.10. The molecule has 0 fully saturated rings. The summed E-state index contributed by atoms with van der Waals surface area (Å²) in [5, 5.41) is 3.31. The van der Waals surface area contributed by atoms with Gasteiger partial charge in [-0.3, -0.25) is 0 Å². The van der Waals surface area contributed by atoms with Crippen LogP contribution in [0.1, 0.15) is 24.1 Å². The number of halogens is 3. The van der Waals surface area contributed by atoms with Crippen LogP contribution in [0.2, 0.25) is 0 Å². The average Bonchev–Trinajstić information content (AvgIpc) is 2.45. The zero-order valence-corrected chi connectivity index (χ0v) is 13.1. The summed E-state index contributed by atoms with van der Waals surface area (Å²) in [5.41, 5.74) is 1.83. The third kappa shape index (κ3) is 4.79. The smallest absolute Gasteiger partial charge is 0.387 e. The minimum atomic E-state index is -2.81. The molecule has 2 aromatic carbocycles. The fourth-order valence-electron chi connectivity index (χ4n) is 2.02. The molecule has 112 valence electrons. The molecule has 0 heterocycles. The zero-order valence-electron chi connectivity index (χ0n) is 11.5. The van der Waals surface area contributed by atoms with Gasteiger partial charge in [0.1, 0.15) is 5.75 Å². The Hall–Kier alpha value is -1.46. The Morgan fingerprint density at radius 3 is 2.62 bits per heavy atom. The molecule has 21 heavy (non-hydrogen) atoms. The van der Waals surface area contributed by atoms with E-state index < -0.39 is 6.61 Å². The molecule has 0 aromatic heterocycles. The number of ether oxygens (including phenoxy) is 1. The Morgan fingerprint density at radius 2 is 1.90 bits per heavy atom. The molecule has 2 rings (SSSR count). The second kappa shape index (κ2) is 7.52. The number of nitrogens with one attached hydrogen (secondary N) is 1. The van der Waals surface area contributed by atoms with Crippen molar-refractivity contribution in [2.45, 2.75) is 26.1 Å². The summed E-state index contributed by atoms with van der Waals surface area (Å²) in [7, 11) is 0. The van der Waals surface area contributed by atoms with Crippen LogP contribution >= 0.6 is 15.9 Å². The number of rotatable bonds is 6. The molecule has 1 atom stereocenters. The minimum Gasteiger partial charge on any atom is -0.434 e. The third-order valence-corrected chi connectivity index (χ3v) is 3.63. The predicted octanol–water partition coefficient (Wildman–Crippen LogP) is 4.90. The predicted molar refractivity (Wildman–Crippen MR) is 82.5 cm³/mol. The maximum absolute atomic E-state index is 12.4. The van der Waals surface area contributed by atoms with Crippen molar-refractivity contribution in [3.8, 4) is 5.75 Å². The number of benzene rings is 2. The van der Waals surface area contributed by atoms with Gasteiger partial charge < -0.3 is 10.1 Å². The van der Waals surface area contributed by atoms with Gasteiger partial charge in [-0.25, -0.2) is 0 Å². The monoisotopic (exact) mass is 355 g/mol. The molecular formula is C16H16BrF2NO. The molecule has 2 aromatic rings. The first-order valence-electron chi connectivity index (χ1n) is 6.58. The first-order valence-corrected chi connectivity index (χ1v) is 7.37. The van der Waals surface area contributed by atoms with Crippen molar-refractivity contribution in [1.29, 1.82) is 0 Å². The van der Waals surface area contributed by atoms with Crippen LogP contribution in [0.3, 0.4) is 0 Å². The van der Waals surface area contributed by atoms with Gasteiger partial charge >= 0.3 is 6.61 Å². The molecule has 5 heteroatoms. The molecule has 0 saturated heterocycles. The summed E-state index contributed by atoms with van der Waals surface area (Å²) < 4.78 is 30.3. The third-order valence-electron chi connectivity index (χ3n) is 3.14. The molecule has 0 aliphatic heterocycles. The Labute approximate surface area is 131 Å². The molecular weight excluding hydrogens is 340 g/mol. The van der Waals surface area contributed by atoms with E-state index in [2.05, 4.69) is 26.0 Å². The van der Waals surface area contributed by atoms with E-state index in [9.17, 15) is 8.78 Å². The highest BCUT2D eigenvalue weighted by Gasteiger charge is 2.10. The van der Waals surface area contributed by atoms with E-state index in [1.807, 2.05) is 31.2 Å². The number of alkyl halides is 2. The summed E-state index contributed by atoms with van der Waals surface area (Å²) in [4.78, 5) is 0. The van der Waals surface area contributed by atoms with Crippen LogP contribution in [0, 0.1) is 0 Å². The largest absolute Gasteiger partial charge is 0.434 e. The quantitative estimate of drug-likeness (QED) is 0.795. The van der Waals surface area contributed by atoms with Crippen LogP contribution in [-0.2, 0) is 6.54 Å². The fraction of sp³-hybridized carbons (Fsp3) is 0.250. The van der Waals surface area contributed by atoms with Crippen molar-refractivity contribution in [1.82, 2.24) is 5.32 Å². The standard InChI is InChI=1S/C16H16BrF2NO/c1-11(12-6-4-7-14(17)9-12)20-10-13-5-2-3-8-15(13)21-16(18)19/h2-9,11,16,20H,10H2,1H3/t11-/m1/s1. The topological polar surface area (TPSA) is 21.3 Å². The summed E-state index contributed by atoms with van der Waals surface area (Å²) in [6.45, 7) is -0.330. The van der Waals surface area contributed by atoms with Crippen molar-refractivity contribution in [3.63, 3.8) is 0 Å². The van der Waals surface area contributed by atoms with Crippen LogP contribution < -0.4 is 10.1 Å². The van der Waals surface area contributed by atoms with E-state index in [1.165, 1.54) is 0 Å². The maximum atomic E-state index is 12.4. The Morgan fingerprint density at radius 1 is 1.14 bits per heavy atom. The van der Waals surface area contributed by atoms with E-state index in [0.29, 0.717) is 12.1 Å². The van der Waals surface area contributed by atoms with Gasteiger partial charge in [-0.15, -0.1) is 0 Å². The lowest BCUT2D eigenvalue weighted by Gasteiger charge is -2.16. The first-order chi connectivity index (χ1) is 10.1. The SMILES string of the molecule is C[C@@H](NCc1ccccc1OC(F)F)c1cccc(Br)c1. The Bertz CT molecular complexity index is 592. The lowest BCUT2D eigenvalue weighted by molar-refractivity contribution is -0.0505. The van der Waals surface area contributed by atoms with Crippen LogP contribution in [-0.4, -0.2) is 6.61 Å². The molecule has 0 spiro atoms. The fourth-order valence-corrected chi connectivity index (χ4v) is 2.43. The summed E-state index contributed by atoms with van der Waals surface area (Å²) in [5.74, 6) is 0.210. The molecule has 0 bridgehead atoms. The summed E-state index contributed by atoms with van der Waals surface area (Å²) in [6.07, 6.45) is 0. The first kappa shape index (κ1) is 15.9. The molecule has 0 radical (unpaired) electrons. The van der Waals surface area contributed by atoms with E-state index >= 15 is 0 Å². The second-order valence-corrected chi connectivity index (χ2v) is 5.56. The maximum Gasteiger partial charge on any atom is 0.387 e. The normalized spacial score (nSPS) is 12.4. The van der Waals surface area contributed by atoms with Crippen LogP contribution in [0.25, 0.3) is 0 Å². The second-order valence-electron chi connectivity index (χ2n) is 4.64. The molecule has 0 aliphatic carbocycles. The van der Waals surface area contributed by atoms with Crippen LogP contribution in [0.15, 0.2) is 53.0 Å². The lowest BCUT2D eigenvalue weighted by Crippen LogP contribution is -2.19. The van der Waals surface area contributed by atoms with Gasteiger partial charge in [0.05, 0.1) is 0 Å². The van der Waals surface area contributed by atoms with Crippen LogP contribution in [0.5, 0.6) is 5.75 Å². The van der Waals surface area contributed by atoms with Gasteiger partial charge in [0.15, 0.2) is 0 Å². The van der Waals surface area contributed by atoms with Crippen molar-refractivity contribution in [3.05, 3.63) is 64.1 Å². The average molecular weight is 356 g/mol. The number of hydrogen-bond donors (Lipinski definition) is 1. The lowest BCUT2D eigenvalue weighted by atomic mass is 10.1. The van der Waals surface area contributed by atoms with Gasteiger partial charge in [0.25, 0.3) is 0 Å². The highest BCUT2D eigenvalue weighted by atomic mass is 79.9. The van der Waals surface area contributed by atoms with E-state index in [-0.39, 0.29) is 11.8 Å². The molecule has 0 amide bonds. The number of para-hydroxylation sites is 1. The molecule has 0 aliphatic rings. The van der Waals surface area contributed by atoms with Crippen molar-refractivity contribution >= 4 is 15.9 Å². The van der Waals surface area contributed by atoms with Gasteiger partial charge in [0.2, 0.25) is 0 Å². The van der Waals surface area contributed by atoms with Crippen LogP contribution in [0.4, 0.5) is 8.78 Å². The molecule has 1 N–H and O–H groups in total. The number of hydrogen-bond acceptors (Lipinski definition) is 2. The zero-order chi connectivity index (χ0) is 15.2. The highest BCUT2D eigenvalue weighted by Crippen LogP contribution is 2.22. The summed E-state index contributed by atoms with van der Waals surface area (Å²) in [6, 6.07) is 14.9. The van der Waals surface area contributed by atoms with Crippen molar-refractivity contribution in [2.24, 2.45) is 0 Å². The van der Waals surface area contributed by atoms with Crippen molar-refractivity contribution < 1.29 is 13.5 Å². The molecule has 2 nitrogen and oxygen atoms in total. The molecule has 0 saturated carbocycles. The van der Waals surface area contributed by atoms with Gasteiger partial charge in [-0.2, -0.15) is 8.78 Å². The summed E-state index contributed by atoms with van der Waals surface area (Å²) >= 11 is 3.43. The van der Waals surface area contributed by atoms with E-state index in [1.54, 1.807) is 24.3 Å².